The van der Waals surface area contributed by atoms with E-state index in [9.17, 15) is 0 Å². The summed E-state index contributed by atoms with van der Waals surface area (Å²) in [6, 6.07) is 17.1. The quantitative estimate of drug-likeness (QED) is 0.531. The van der Waals surface area contributed by atoms with Crippen LogP contribution in [-0.4, -0.2) is 11.2 Å². The average molecular weight is 412 g/mol. The molecule has 0 fully saturated rings. The van der Waals surface area contributed by atoms with E-state index in [0.717, 1.165) is 23.2 Å². The van der Waals surface area contributed by atoms with Gasteiger partial charge in [-0.05, 0) is 74.7 Å². The predicted octanol–water partition coefficient (Wildman–Crippen LogP) is 5.32. The lowest BCUT2D eigenvalue weighted by Gasteiger charge is -2.05. The zero-order valence-electron chi connectivity index (χ0n) is 15.1. The van der Waals surface area contributed by atoms with Crippen molar-refractivity contribution in [2.75, 3.05) is 6.61 Å². The number of rotatable bonds is 4. The van der Waals surface area contributed by atoms with Gasteiger partial charge < -0.3 is 4.74 Å². The Morgan fingerprint density at radius 3 is 2.50 bits per heavy atom. The Labute approximate surface area is 163 Å². The number of halogens is 1. The molecule has 0 spiro atoms. The molecule has 0 atom stereocenters. The molecule has 0 saturated heterocycles. The Balaban J connectivity index is 1.80. The highest BCUT2D eigenvalue weighted by molar-refractivity contribution is 9.10. The summed E-state index contributed by atoms with van der Waals surface area (Å²) in [5.74, 6) is 2.32. The summed E-state index contributed by atoms with van der Waals surface area (Å²) in [4.78, 5) is 0. The molecule has 1 aromatic heterocycles. The van der Waals surface area contributed by atoms with Gasteiger partial charge in [-0.1, -0.05) is 15.9 Å². The molecule has 0 radical (unpaired) electrons. The van der Waals surface area contributed by atoms with E-state index in [1.54, 1.807) is 0 Å². The lowest BCUT2D eigenvalue weighted by Crippen LogP contribution is -2.38. The maximum Gasteiger partial charge on any atom is 0.262 e. The summed E-state index contributed by atoms with van der Waals surface area (Å²) in [6.07, 6.45) is 7.20. The molecule has 4 heteroatoms. The first-order chi connectivity index (χ1) is 12.8. The van der Waals surface area contributed by atoms with E-state index in [2.05, 4.69) is 79.8 Å². The molecule has 4 rings (SSSR count). The third-order valence-corrected chi connectivity index (χ3v) is 5.51. The van der Waals surface area contributed by atoms with Gasteiger partial charge in [0.1, 0.15) is 17.6 Å². The Morgan fingerprint density at radius 1 is 1.00 bits per heavy atom. The maximum absolute atomic E-state index is 5.60. The Kier molecular flexibility index (Phi) is 5.11. The van der Waals surface area contributed by atoms with Crippen LogP contribution in [0.4, 0.5) is 0 Å². The Hall–Kier alpha value is -2.07. The number of hydrogen-bond donors (Lipinski definition) is 0. The van der Waals surface area contributed by atoms with E-state index in [1.807, 2.05) is 6.92 Å². The van der Waals surface area contributed by atoms with Crippen molar-refractivity contribution >= 4 is 15.9 Å². The number of fused-ring (bicyclic) bond motifs is 1. The second-order valence-corrected chi connectivity index (χ2v) is 7.61. The SMILES string of the molecule is CCOc1ccc(-n2cc(-c3ccc(Br)cc3)[n+]3c2CCCCC3)cc1. The molecule has 0 aliphatic carbocycles. The fraction of sp³-hybridized carbons (Fsp3) is 0.318. The average Bonchev–Trinajstić information content (AvgIpc) is 2.85. The molecule has 134 valence electrons. The molecule has 1 aliphatic rings. The van der Waals surface area contributed by atoms with Gasteiger partial charge in [-0.15, -0.1) is 0 Å². The van der Waals surface area contributed by atoms with Crippen LogP contribution in [0.25, 0.3) is 16.9 Å². The normalized spacial score (nSPS) is 13.9. The smallest absolute Gasteiger partial charge is 0.262 e. The van der Waals surface area contributed by atoms with Gasteiger partial charge in [-0.2, -0.15) is 4.57 Å². The van der Waals surface area contributed by atoms with Crippen molar-refractivity contribution in [3.8, 4) is 22.7 Å². The van der Waals surface area contributed by atoms with Crippen LogP contribution in [0, 0.1) is 0 Å². The first-order valence-electron chi connectivity index (χ1n) is 9.39. The number of hydrogen-bond acceptors (Lipinski definition) is 1. The second kappa shape index (κ2) is 7.67. The molecular weight excluding hydrogens is 388 g/mol. The summed E-state index contributed by atoms with van der Waals surface area (Å²) in [5, 5.41) is 0. The number of nitrogens with zero attached hydrogens (tertiary/aromatic N) is 2. The van der Waals surface area contributed by atoms with Gasteiger partial charge >= 0.3 is 0 Å². The highest BCUT2D eigenvalue weighted by Gasteiger charge is 2.26. The number of imidazole rings is 1. The molecule has 0 unspecified atom stereocenters. The van der Waals surface area contributed by atoms with Crippen LogP contribution >= 0.6 is 15.9 Å². The summed E-state index contributed by atoms with van der Waals surface area (Å²) in [5.41, 5.74) is 3.76. The minimum Gasteiger partial charge on any atom is -0.494 e. The molecule has 3 nitrogen and oxygen atoms in total. The molecule has 2 aromatic carbocycles. The van der Waals surface area contributed by atoms with Crippen molar-refractivity contribution in [1.29, 1.82) is 0 Å². The minimum atomic E-state index is 0.696. The first-order valence-corrected chi connectivity index (χ1v) is 10.2. The summed E-state index contributed by atoms with van der Waals surface area (Å²) in [6.45, 7) is 3.80. The van der Waals surface area contributed by atoms with Gasteiger partial charge in [0.05, 0.1) is 13.2 Å². The van der Waals surface area contributed by atoms with Gasteiger partial charge in [0.2, 0.25) is 0 Å². The van der Waals surface area contributed by atoms with Gasteiger partial charge in [-0.3, -0.25) is 0 Å². The van der Waals surface area contributed by atoms with Crippen LogP contribution in [0.3, 0.4) is 0 Å². The van der Waals surface area contributed by atoms with E-state index in [4.69, 9.17) is 4.74 Å². The molecule has 26 heavy (non-hydrogen) atoms. The summed E-state index contributed by atoms with van der Waals surface area (Å²) in [7, 11) is 0. The zero-order chi connectivity index (χ0) is 17.9. The van der Waals surface area contributed by atoms with E-state index < -0.39 is 0 Å². The van der Waals surface area contributed by atoms with Crippen LogP contribution in [0.1, 0.15) is 32.0 Å². The van der Waals surface area contributed by atoms with E-state index in [1.165, 1.54) is 42.0 Å². The van der Waals surface area contributed by atoms with Crippen molar-refractivity contribution in [3.63, 3.8) is 0 Å². The Morgan fingerprint density at radius 2 is 1.77 bits per heavy atom. The third kappa shape index (κ3) is 3.43. The topological polar surface area (TPSA) is 18.0 Å². The molecule has 1 aliphatic heterocycles. The van der Waals surface area contributed by atoms with Gasteiger partial charge in [0, 0.05) is 16.5 Å². The van der Waals surface area contributed by atoms with Crippen molar-refractivity contribution in [3.05, 3.63) is 65.0 Å². The van der Waals surface area contributed by atoms with E-state index in [-0.39, 0.29) is 0 Å². The van der Waals surface area contributed by atoms with Crippen molar-refractivity contribution < 1.29 is 9.30 Å². The monoisotopic (exact) mass is 411 g/mol. The predicted molar refractivity (Wildman–Crippen MR) is 108 cm³/mol. The molecule has 0 saturated carbocycles. The van der Waals surface area contributed by atoms with E-state index in [0.29, 0.717) is 6.61 Å². The second-order valence-electron chi connectivity index (χ2n) is 6.70. The van der Waals surface area contributed by atoms with Crippen LogP contribution in [-0.2, 0) is 13.0 Å². The summed E-state index contributed by atoms with van der Waals surface area (Å²) >= 11 is 3.54. The number of benzene rings is 2. The van der Waals surface area contributed by atoms with Gasteiger partial charge in [-0.25, -0.2) is 4.57 Å². The van der Waals surface area contributed by atoms with E-state index >= 15 is 0 Å². The maximum atomic E-state index is 5.60. The van der Waals surface area contributed by atoms with Crippen LogP contribution in [0.15, 0.2) is 59.2 Å². The lowest BCUT2D eigenvalue weighted by atomic mass is 10.1. The minimum absolute atomic E-state index is 0.696. The number of ether oxygens (including phenoxy) is 1. The van der Waals surface area contributed by atoms with Crippen molar-refractivity contribution in [2.24, 2.45) is 0 Å². The first kappa shape index (κ1) is 17.3. The fourth-order valence-corrected chi connectivity index (χ4v) is 3.98. The molecule has 3 aromatic rings. The van der Waals surface area contributed by atoms with Crippen LogP contribution in [0.2, 0.25) is 0 Å². The van der Waals surface area contributed by atoms with Crippen molar-refractivity contribution in [2.45, 2.75) is 39.2 Å². The largest absolute Gasteiger partial charge is 0.494 e. The Bertz CT molecular complexity index is 882. The molecule has 0 N–H and O–H groups in total. The number of aromatic nitrogens is 2. The molecule has 2 heterocycles. The highest BCUT2D eigenvalue weighted by atomic mass is 79.9. The summed E-state index contributed by atoms with van der Waals surface area (Å²) < 4.78 is 11.6. The van der Waals surface area contributed by atoms with Crippen LogP contribution in [0.5, 0.6) is 5.75 Å². The molecule has 0 bridgehead atoms. The standard InChI is InChI=1S/C22H24BrN2O/c1-2-26-20-13-11-19(12-14-20)25-16-21(17-7-9-18(23)10-8-17)24-15-5-3-4-6-22(24)25/h7-14,16H,2-6,15H2,1H3/q+1. The zero-order valence-corrected chi connectivity index (χ0v) is 16.7. The molecule has 0 amide bonds. The van der Waals surface area contributed by atoms with Gasteiger partial charge in [0.15, 0.2) is 5.69 Å². The third-order valence-electron chi connectivity index (χ3n) is 4.98. The highest BCUT2D eigenvalue weighted by Crippen LogP contribution is 2.25. The molecular formula is C22H24BrN2O+. The van der Waals surface area contributed by atoms with Gasteiger partial charge in [0.25, 0.3) is 5.82 Å². The fourth-order valence-electron chi connectivity index (χ4n) is 3.71. The van der Waals surface area contributed by atoms with Crippen LogP contribution < -0.4 is 9.30 Å². The van der Waals surface area contributed by atoms with Crippen molar-refractivity contribution in [1.82, 2.24) is 4.57 Å². The lowest BCUT2D eigenvalue weighted by molar-refractivity contribution is -0.692.